The van der Waals surface area contributed by atoms with E-state index in [1.807, 2.05) is 0 Å². The van der Waals surface area contributed by atoms with Crippen LogP contribution in [0.15, 0.2) is 24.3 Å². The molecule has 1 aromatic rings. The van der Waals surface area contributed by atoms with Crippen LogP contribution in [0.5, 0.6) is 0 Å². The average Bonchev–Trinajstić information content (AvgIpc) is 3.22. The van der Waals surface area contributed by atoms with Crippen molar-refractivity contribution in [2.75, 3.05) is 7.05 Å². The van der Waals surface area contributed by atoms with Gasteiger partial charge in [0.05, 0.1) is 0 Å². The third-order valence-electron chi connectivity index (χ3n) is 3.93. The Morgan fingerprint density at radius 2 is 2.25 bits per heavy atom. The van der Waals surface area contributed by atoms with Gasteiger partial charge in [0.2, 0.25) is 0 Å². The summed E-state index contributed by atoms with van der Waals surface area (Å²) in [6, 6.07) is 5.02. The predicted octanol–water partition coefficient (Wildman–Crippen LogP) is 3.15. The highest BCUT2D eigenvalue weighted by Crippen LogP contribution is 2.35. The summed E-state index contributed by atoms with van der Waals surface area (Å²) in [7, 11) is 2.05. The van der Waals surface area contributed by atoms with Crippen molar-refractivity contribution >= 4 is 12.0 Å². The van der Waals surface area contributed by atoms with Gasteiger partial charge in [0, 0.05) is 18.7 Å². The van der Waals surface area contributed by atoms with Crippen LogP contribution in [0.25, 0.3) is 6.08 Å². The van der Waals surface area contributed by atoms with Crippen molar-refractivity contribution in [2.45, 2.75) is 32.4 Å². The molecule has 1 aliphatic carbocycles. The molecular formula is C16H20FNO2. The summed E-state index contributed by atoms with van der Waals surface area (Å²) in [6.07, 6.45) is 5.06. The lowest BCUT2D eigenvalue weighted by atomic mass is 10.0. The van der Waals surface area contributed by atoms with Gasteiger partial charge in [0.25, 0.3) is 0 Å². The number of carbonyl (C=O) groups is 1. The molecule has 1 saturated carbocycles. The van der Waals surface area contributed by atoms with Crippen LogP contribution in [0.1, 0.15) is 30.9 Å². The first kappa shape index (κ1) is 14.7. The maximum atomic E-state index is 13.3. The summed E-state index contributed by atoms with van der Waals surface area (Å²) < 4.78 is 13.3. The van der Waals surface area contributed by atoms with E-state index in [-0.39, 0.29) is 5.82 Å². The summed E-state index contributed by atoms with van der Waals surface area (Å²) in [5, 5.41) is 8.70. The zero-order valence-electron chi connectivity index (χ0n) is 11.8. The zero-order valence-corrected chi connectivity index (χ0v) is 11.8. The van der Waals surface area contributed by atoms with E-state index in [0.29, 0.717) is 18.2 Å². The lowest BCUT2D eigenvalue weighted by molar-refractivity contribution is -0.131. The van der Waals surface area contributed by atoms with Crippen LogP contribution in [-0.2, 0) is 11.3 Å². The van der Waals surface area contributed by atoms with Gasteiger partial charge in [-0.15, -0.1) is 0 Å². The average molecular weight is 277 g/mol. The van der Waals surface area contributed by atoms with Crippen LogP contribution in [0.2, 0.25) is 0 Å². The van der Waals surface area contributed by atoms with Crippen molar-refractivity contribution < 1.29 is 14.3 Å². The normalized spacial score (nSPS) is 16.8. The number of hydrogen-bond donors (Lipinski definition) is 1. The minimum Gasteiger partial charge on any atom is -0.478 e. The lowest BCUT2D eigenvalue weighted by Crippen LogP contribution is -2.30. The second-order valence-electron chi connectivity index (χ2n) is 5.51. The smallest absolute Gasteiger partial charge is 0.328 e. The van der Waals surface area contributed by atoms with Gasteiger partial charge in [-0.2, -0.15) is 0 Å². The van der Waals surface area contributed by atoms with Crippen LogP contribution >= 0.6 is 0 Å². The molecule has 0 radical (unpaired) electrons. The van der Waals surface area contributed by atoms with E-state index >= 15 is 0 Å². The van der Waals surface area contributed by atoms with Crippen molar-refractivity contribution in [2.24, 2.45) is 5.92 Å². The molecule has 1 aromatic carbocycles. The second-order valence-corrected chi connectivity index (χ2v) is 5.51. The predicted molar refractivity (Wildman–Crippen MR) is 76.7 cm³/mol. The number of carboxylic acids is 1. The van der Waals surface area contributed by atoms with Gasteiger partial charge in [-0.3, -0.25) is 4.90 Å². The van der Waals surface area contributed by atoms with E-state index in [2.05, 4.69) is 18.9 Å². The first-order chi connectivity index (χ1) is 9.47. The number of rotatable bonds is 6. The molecule has 108 valence electrons. The largest absolute Gasteiger partial charge is 0.478 e. The first-order valence-corrected chi connectivity index (χ1v) is 6.87. The van der Waals surface area contributed by atoms with Crippen molar-refractivity contribution in [3.8, 4) is 0 Å². The molecule has 0 saturated heterocycles. The highest BCUT2D eigenvalue weighted by molar-refractivity contribution is 5.85. The summed E-state index contributed by atoms with van der Waals surface area (Å²) >= 11 is 0. The van der Waals surface area contributed by atoms with Gasteiger partial charge in [0.15, 0.2) is 0 Å². The van der Waals surface area contributed by atoms with Gasteiger partial charge in [-0.05, 0) is 62.1 Å². The molecule has 0 aromatic heterocycles. The molecule has 1 N–H and O–H groups in total. The van der Waals surface area contributed by atoms with Crippen molar-refractivity contribution in [3.05, 3.63) is 41.2 Å². The van der Waals surface area contributed by atoms with E-state index in [4.69, 9.17) is 5.11 Å². The molecular weight excluding hydrogens is 257 g/mol. The molecule has 1 unspecified atom stereocenters. The van der Waals surface area contributed by atoms with Crippen LogP contribution in [0.3, 0.4) is 0 Å². The highest BCUT2D eigenvalue weighted by atomic mass is 19.1. The number of nitrogens with zero attached hydrogens (tertiary/aromatic N) is 1. The van der Waals surface area contributed by atoms with Gasteiger partial charge in [0.1, 0.15) is 5.82 Å². The summed E-state index contributed by atoms with van der Waals surface area (Å²) in [4.78, 5) is 12.8. The lowest BCUT2D eigenvalue weighted by Gasteiger charge is -2.25. The second kappa shape index (κ2) is 6.18. The number of halogens is 1. The minimum absolute atomic E-state index is 0.350. The fourth-order valence-electron chi connectivity index (χ4n) is 2.38. The van der Waals surface area contributed by atoms with Crippen molar-refractivity contribution in [1.82, 2.24) is 4.90 Å². The first-order valence-electron chi connectivity index (χ1n) is 6.87. The van der Waals surface area contributed by atoms with Gasteiger partial charge in [-0.25, -0.2) is 9.18 Å². The maximum Gasteiger partial charge on any atom is 0.328 e. The van der Waals surface area contributed by atoms with Crippen LogP contribution in [0.4, 0.5) is 4.39 Å². The molecule has 0 heterocycles. The third-order valence-corrected chi connectivity index (χ3v) is 3.93. The fourth-order valence-corrected chi connectivity index (χ4v) is 2.38. The fraction of sp³-hybridized carbons (Fsp3) is 0.438. The standard InChI is InChI=1S/C16H20FNO2/c1-11(12-3-4-12)18(2)10-14-5-7-15(17)9-13(14)6-8-16(19)20/h5-9,11-12H,3-4,10H2,1-2H3,(H,19,20). The van der Waals surface area contributed by atoms with E-state index in [0.717, 1.165) is 17.6 Å². The molecule has 1 fully saturated rings. The Bertz CT molecular complexity index is 523. The monoisotopic (exact) mass is 277 g/mol. The van der Waals surface area contributed by atoms with Gasteiger partial charge >= 0.3 is 5.97 Å². The van der Waals surface area contributed by atoms with E-state index in [1.54, 1.807) is 6.07 Å². The Hall–Kier alpha value is -1.68. The molecule has 2 rings (SSSR count). The van der Waals surface area contributed by atoms with Crippen LogP contribution < -0.4 is 0 Å². The van der Waals surface area contributed by atoms with Gasteiger partial charge < -0.3 is 5.11 Å². The number of aliphatic carboxylic acids is 1. The summed E-state index contributed by atoms with van der Waals surface area (Å²) in [5.74, 6) is -0.616. The van der Waals surface area contributed by atoms with Crippen LogP contribution in [0, 0.1) is 11.7 Å². The highest BCUT2D eigenvalue weighted by Gasteiger charge is 2.30. The molecule has 0 spiro atoms. The minimum atomic E-state index is -1.03. The van der Waals surface area contributed by atoms with E-state index in [1.165, 1.54) is 31.1 Å². The Balaban J connectivity index is 2.15. The Kier molecular flexibility index (Phi) is 4.55. The molecule has 1 aliphatic rings. The molecule has 4 heteroatoms. The molecule has 3 nitrogen and oxygen atoms in total. The molecule has 1 atom stereocenters. The van der Waals surface area contributed by atoms with Crippen LogP contribution in [-0.4, -0.2) is 29.1 Å². The quantitative estimate of drug-likeness (QED) is 0.812. The molecule has 0 aliphatic heterocycles. The molecule has 20 heavy (non-hydrogen) atoms. The summed E-state index contributed by atoms with van der Waals surface area (Å²) in [6.45, 7) is 2.89. The Morgan fingerprint density at radius 3 is 2.85 bits per heavy atom. The number of hydrogen-bond acceptors (Lipinski definition) is 2. The van der Waals surface area contributed by atoms with Crippen molar-refractivity contribution in [1.29, 1.82) is 0 Å². The molecule has 0 amide bonds. The third kappa shape index (κ3) is 3.90. The Labute approximate surface area is 118 Å². The number of benzene rings is 1. The zero-order chi connectivity index (χ0) is 14.7. The van der Waals surface area contributed by atoms with E-state index < -0.39 is 5.97 Å². The SMILES string of the molecule is CC(C1CC1)N(C)Cc1ccc(F)cc1C=CC(=O)O. The maximum absolute atomic E-state index is 13.3. The number of carboxylic acid groups (broad SMARTS) is 1. The van der Waals surface area contributed by atoms with E-state index in [9.17, 15) is 9.18 Å². The molecule has 0 bridgehead atoms. The van der Waals surface area contributed by atoms with Crippen molar-refractivity contribution in [3.63, 3.8) is 0 Å². The Morgan fingerprint density at radius 1 is 1.55 bits per heavy atom. The summed E-state index contributed by atoms with van der Waals surface area (Å²) in [5.41, 5.74) is 1.57. The van der Waals surface area contributed by atoms with Gasteiger partial charge in [-0.1, -0.05) is 6.07 Å². The topological polar surface area (TPSA) is 40.5 Å².